The number of alkyl carbamates (subject to hydrolysis) is 1. The van der Waals surface area contributed by atoms with Gasteiger partial charge < -0.3 is 20.1 Å². The van der Waals surface area contributed by atoms with Gasteiger partial charge in [0.15, 0.2) is 5.69 Å². The highest BCUT2D eigenvalue weighted by molar-refractivity contribution is 7.12. The molecule has 1 aromatic carbocycles. The fourth-order valence-corrected chi connectivity index (χ4v) is 4.21. The van der Waals surface area contributed by atoms with E-state index in [1.807, 2.05) is 0 Å². The van der Waals surface area contributed by atoms with E-state index in [9.17, 15) is 27.6 Å². The predicted octanol–water partition coefficient (Wildman–Crippen LogP) is 4.16. The van der Waals surface area contributed by atoms with Crippen LogP contribution in [0, 0.1) is 0 Å². The Kier molecular flexibility index (Phi) is 9.07. The first kappa shape index (κ1) is 30.4. The van der Waals surface area contributed by atoms with Crippen LogP contribution in [0.5, 0.6) is 5.75 Å². The number of rotatable bonds is 8. The summed E-state index contributed by atoms with van der Waals surface area (Å²) in [5.41, 5.74) is -1.84. The molecule has 0 spiro atoms. The van der Waals surface area contributed by atoms with E-state index < -0.39 is 47.1 Å². The molecule has 0 aliphatic carbocycles. The molecule has 2 heterocycles. The molecule has 15 heteroatoms. The minimum atomic E-state index is -4.82. The number of halogens is 3. The largest absolute Gasteiger partial charge is 0.496 e. The molecule has 3 amide bonds. The van der Waals surface area contributed by atoms with Crippen LogP contribution in [-0.2, 0) is 22.3 Å². The van der Waals surface area contributed by atoms with Gasteiger partial charge in [0, 0.05) is 30.6 Å². The summed E-state index contributed by atoms with van der Waals surface area (Å²) in [5.74, 6) is -0.813. The number of thiazole rings is 1. The minimum Gasteiger partial charge on any atom is -0.496 e. The molecule has 2 aromatic heterocycles. The highest BCUT2D eigenvalue weighted by atomic mass is 32.1. The molecule has 0 aliphatic heterocycles. The van der Waals surface area contributed by atoms with Gasteiger partial charge in [0.25, 0.3) is 5.91 Å². The van der Waals surface area contributed by atoms with Crippen molar-refractivity contribution in [3.63, 3.8) is 0 Å². The topological polar surface area (TPSA) is 128 Å². The van der Waals surface area contributed by atoms with Crippen LogP contribution in [0.25, 0.3) is 5.13 Å². The van der Waals surface area contributed by atoms with Crippen molar-refractivity contribution in [1.82, 2.24) is 25.4 Å². The van der Waals surface area contributed by atoms with E-state index in [1.165, 1.54) is 26.5 Å². The Bertz CT molecular complexity index is 1380. The maximum absolute atomic E-state index is 13.5. The summed E-state index contributed by atoms with van der Waals surface area (Å²) < 4.78 is 51.7. The Labute approximate surface area is 232 Å². The number of aromatic nitrogens is 3. The lowest BCUT2D eigenvalue weighted by Gasteiger charge is -2.23. The molecular formula is C25H29F3N6O5S. The standard InChI is InChI=1S/C25H29F3N6O5S/c1-14(30-23(37)39-24(2,3)4)21(36)33(5)19-13-40-22(31-19)34-16(11-18(32-34)25(26,27)28)20(35)29-12-15-9-7-8-10-17(15)38-6/h7-11,13-14H,12H2,1-6H3,(H,29,35)(H,30,37)/t14-/m0/s1. The van der Waals surface area contributed by atoms with Crippen LogP contribution in [0.3, 0.4) is 0 Å². The van der Waals surface area contributed by atoms with E-state index >= 15 is 0 Å². The Morgan fingerprint density at radius 2 is 1.85 bits per heavy atom. The predicted molar refractivity (Wildman–Crippen MR) is 141 cm³/mol. The average molecular weight is 583 g/mol. The molecule has 3 rings (SSSR count). The van der Waals surface area contributed by atoms with Crippen molar-refractivity contribution in [3.05, 3.63) is 52.7 Å². The number of ether oxygens (including phenoxy) is 2. The lowest BCUT2D eigenvalue weighted by atomic mass is 10.2. The number of amides is 3. The van der Waals surface area contributed by atoms with Crippen molar-refractivity contribution in [2.24, 2.45) is 0 Å². The lowest BCUT2D eigenvalue weighted by Crippen LogP contribution is -2.47. The van der Waals surface area contributed by atoms with Gasteiger partial charge in [-0.25, -0.2) is 9.78 Å². The first-order chi connectivity index (χ1) is 18.6. The highest BCUT2D eigenvalue weighted by Crippen LogP contribution is 2.31. The minimum absolute atomic E-state index is 0.0156. The van der Waals surface area contributed by atoms with Crippen molar-refractivity contribution in [2.45, 2.75) is 52.1 Å². The second-order valence-electron chi connectivity index (χ2n) is 9.57. The molecule has 0 unspecified atom stereocenters. The Balaban J connectivity index is 1.82. The molecular weight excluding hydrogens is 553 g/mol. The zero-order chi connectivity index (χ0) is 29.8. The first-order valence-corrected chi connectivity index (χ1v) is 12.8. The van der Waals surface area contributed by atoms with E-state index in [2.05, 4.69) is 20.7 Å². The number of likely N-dealkylation sites (N-methyl/N-ethyl adjacent to an activating group) is 1. The number of anilines is 1. The summed E-state index contributed by atoms with van der Waals surface area (Å²) in [4.78, 5) is 43.2. The van der Waals surface area contributed by atoms with E-state index in [4.69, 9.17) is 9.47 Å². The third-order valence-corrected chi connectivity index (χ3v) is 6.11. The quantitative estimate of drug-likeness (QED) is 0.408. The second kappa shape index (κ2) is 11.9. The van der Waals surface area contributed by atoms with Crippen LogP contribution in [0.15, 0.2) is 35.7 Å². The molecule has 3 aromatic rings. The molecule has 0 saturated carbocycles. The highest BCUT2D eigenvalue weighted by Gasteiger charge is 2.37. The first-order valence-electron chi connectivity index (χ1n) is 11.9. The van der Waals surface area contributed by atoms with Crippen molar-refractivity contribution < 1.29 is 37.0 Å². The smallest absolute Gasteiger partial charge is 0.435 e. The van der Waals surface area contributed by atoms with Crippen molar-refractivity contribution >= 4 is 35.1 Å². The number of para-hydroxylation sites is 1. The van der Waals surface area contributed by atoms with Gasteiger partial charge in [-0.15, -0.1) is 11.3 Å². The zero-order valence-corrected chi connectivity index (χ0v) is 23.4. The normalized spacial score (nSPS) is 12.4. The van der Waals surface area contributed by atoms with Crippen LogP contribution < -0.4 is 20.3 Å². The molecule has 216 valence electrons. The molecule has 1 atom stereocenters. The Hall–Kier alpha value is -4.14. The summed E-state index contributed by atoms with van der Waals surface area (Å²) in [7, 11) is 2.85. The van der Waals surface area contributed by atoms with Gasteiger partial charge in [0.2, 0.25) is 11.0 Å². The summed E-state index contributed by atoms with van der Waals surface area (Å²) in [5, 5.41) is 9.90. The molecule has 2 N–H and O–H groups in total. The van der Waals surface area contributed by atoms with Crippen LogP contribution in [0.1, 0.15) is 49.4 Å². The third-order valence-electron chi connectivity index (χ3n) is 5.30. The number of carbonyl (C=O) groups excluding carboxylic acids is 3. The van der Waals surface area contributed by atoms with Crippen molar-refractivity contribution in [3.8, 4) is 10.9 Å². The lowest BCUT2D eigenvalue weighted by molar-refractivity contribution is -0.141. The van der Waals surface area contributed by atoms with E-state index in [0.29, 0.717) is 17.4 Å². The number of benzene rings is 1. The number of nitrogens with one attached hydrogen (secondary N) is 2. The maximum atomic E-state index is 13.5. The summed E-state index contributed by atoms with van der Waals surface area (Å²) in [6.07, 6.45) is -5.61. The molecule has 11 nitrogen and oxygen atoms in total. The average Bonchev–Trinajstić information content (AvgIpc) is 3.53. The number of methoxy groups -OCH3 is 1. The number of hydrogen-bond donors (Lipinski definition) is 2. The van der Waals surface area contributed by atoms with Gasteiger partial charge in [-0.2, -0.15) is 23.0 Å². The van der Waals surface area contributed by atoms with Crippen LogP contribution in [-0.4, -0.2) is 58.5 Å². The third kappa shape index (κ3) is 7.49. The van der Waals surface area contributed by atoms with E-state index in [0.717, 1.165) is 20.9 Å². The van der Waals surface area contributed by atoms with Crippen molar-refractivity contribution in [1.29, 1.82) is 0 Å². The van der Waals surface area contributed by atoms with Gasteiger partial charge >= 0.3 is 12.3 Å². The number of hydrogen-bond acceptors (Lipinski definition) is 8. The van der Waals surface area contributed by atoms with Gasteiger partial charge in [0.1, 0.15) is 28.9 Å². The molecule has 40 heavy (non-hydrogen) atoms. The SMILES string of the molecule is COc1ccccc1CNC(=O)c1cc(C(F)(F)F)nn1-c1nc(N(C)C(=O)[C@H](C)NC(=O)OC(C)(C)C)cs1. The zero-order valence-electron chi connectivity index (χ0n) is 22.6. The summed E-state index contributed by atoms with van der Waals surface area (Å²) >= 11 is 0.874. The molecule has 0 radical (unpaired) electrons. The van der Waals surface area contributed by atoms with Crippen LogP contribution in [0.4, 0.5) is 23.8 Å². The number of nitrogens with zero attached hydrogens (tertiary/aromatic N) is 4. The Morgan fingerprint density at radius 3 is 2.48 bits per heavy atom. The number of carbonyl (C=O) groups is 3. The molecule has 0 aliphatic rings. The van der Waals surface area contributed by atoms with Crippen LogP contribution in [0.2, 0.25) is 0 Å². The number of alkyl halides is 3. The fourth-order valence-electron chi connectivity index (χ4n) is 3.40. The van der Waals surface area contributed by atoms with Gasteiger partial charge in [-0.3, -0.25) is 14.5 Å². The van der Waals surface area contributed by atoms with Crippen molar-refractivity contribution in [2.75, 3.05) is 19.1 Å². The monoisotopic (exact) mass is 582 g/mol. The van der Waals surface area contributed by atoms with Crippen LogP contribution >= 0.6 is 11.3 Å². The molecule has 0 bridgehead atoms. The van der Waals surface area contributed by atoms with Gasteiger partial charge in [0.05, 0.1) is 7.11 Å². The second-order valence-corrected chi connectivity index (χ2v) is 10.4. The van der Waals surface area contributed by atoms with E-state index in [1.54, 1.807) is 45.0 Å². The molecule has 0 saturated heterocycles. The maximum Gasteiger partial charge on any atom is 0.435 e. The molecule has 0 fully saturated rings. The Morgan fingerprint density at radius 1 is 1.18 bits per heavy atom. The summed E-state index contributed by atoms with van der Waals surface area (Å²) in [6.45, 7) is 6.46. The van der Waals surface area contributed by atoms with Gasteiger partial charge in [-0.1, -0.05) is 18.2 Å². The van der Waals surface area contributed by atoms with Gasteiger partial charge in [-0.05, 0) is 33.8 Å². The summed E-state index contributed by atoms with van der Waals surface area (Å²) in [6, 6.07) is 6.49. The van der Waals surface area contributed by atoms with E-state index in [-0.39, 0.29) is 17.5 Å². The fraction of sp³-hybridized carbons (Fsp3) is 0.400.